The third kappa shape index (κ3) is 2.28. The first-order valence-corrected chi connectivity index (χ1v) is 6.95. The molecule has 0 spiro atoms. The van der Waals surface area contributed by atoms with Crippen molar-refractivity contribution < 1.29 is 8.42 Å². The topological polar surface area (TPSA) is 60.2 Å². The molecule has 1 fully saturated rings. The highest BCUT2D eigenvalue weighted by Gasteiger charge is 2.36. The molecule has 84 valence electrons. The van der Waals surface area contributed by atoms with Gasteiger partial charge in [0, 0.05) is 6.04 Å². The molecule has 3 atom stereocenters. The monoisotopic (exact) mass is 219 g/mol. The summed E-state index contributed by atoms with van der Waals surface area (Å²) in [6.45, 7) is 5.52. The zero-order chi connectivity index (χ0) is 10.9. The summed E-state index contributed by atoms with van der Waals surface area (Å²) in [6, 6.07) is 0.198. The van der Waals surface area contributed by atoms with Crippen LogP contribution in [0.4, 0.5) is 0 Å². The Balaban J connectivity index is 2.79. The lowest BCUT2D eigenvalue weighted by molar-refractivity contribution is 0.342. The van der Waals surface area contributed by atoms with E-state index in [0.29, 0.717) is 0 Å². The molecule has 0 bridgehead atoms. The third-order valence-electron chi connectivity index (χ3n) is 3.21. The van der Waals surface area contributed by atoms with E-state index in [2.05, 4.69) is 0 Å². The fourth-order valence-electron chi connectivity index (χ4n) is 2.25. The van der Waals surface area contributed by atoms with Crippen molar-refractivity contribution in [2.75, 3.05) is 0 Å². The van der Waals surface area contributed by atoms with Crippen LogP contribution in [0.15, 0.2) is 0 Å². The molecule has 4 heteroatoms. The molecule has 14 heavy (non-hydrogen) atoms. The van der Waals surface area contributed by atoms with E-state index in [1.165, 1.54) is 0 Å². The van der Waals surface area contributed by atoms with Crippen LogP contribution in [-0.2, 0) is 9.84 Å². The number of nitrogens with two attached hydrogens (primary N) is 1. The minimum absolute atomic E-state index is 0.165. The molecule has 3 nitrogen and oxygen atoms in total. The molecule has 0 heterocycles. The van der Waals surface area contributed by atoms with Crippen molar-refractivity contribution in [3.05, 3.63) is 0 Å². The molecule has 0 aliphatic heterocycles. The summed E-state index contributed by atoms with van der Waals surface area (Å²) >= 11 is 0. The van der Waals surface area contributed by atoms with Crippen molar-refractivity contribution in [2.24, 2.45) is 11.7 Å². The van der Waals surface area contributed by atoms with Crippen molar-refractivity contribution in [1.29, 1.82) is 0 Å². The van der Waals surface area contributed by atoms with Gasteiger partial charge < -0.3 is 5.73 Å². The van der Waals surface area contributed by atoms with Crippen LogP contribution < -0.4 is 5.73 Å². The molecule has 0 aromatic carbocycles. The summed E-state index contributed by atoms with van der Waals surface area (Å²) in [6.07, 6.45) is 2.43. The molecule has 1 saturated carbocycles. The van der Waals surface area contributed by atoms with Crippen molar-refractivity contribution in [2.45, 2.75) is 56.6 Å². The maximum atomic E-state index is 12.0. The fraction of sp³-hybridized carbons (Fsp3) is 1.00. The van der Waals surface area contributed by atoms with E-state index in [9.17, 15) is 8.42 Å². The van der Waals surface area contributed by atoms with E-state index >= 15 is 0 Å². The molecule has 0 aromatic heterocycles. The van der Waals surface area contributed by atoms with E-state index in [4.69, 9.17) is 5.73 Å². The Kier molecular flexibility index (Phi) is 3.58. The third-order valence-corrected chi connectivity index (χ3v) is 6.07. The quantitative estimate of drug-likeness (QED) is 0.762. The predicted molar refractivity (Wildman–Crippen MR) is 58.8 cm³/mol. The summed E-state index contributed by atoms with van der Waals surface area (Å²) in [7, 11) is -2.93. The summed E-state index contributed by atoms with van der Waals surface area (Å²) in [4.78, 5) is 0. The van der Waals surface area contributed by atoms with Crippen LogP contribution in [-0.4, -0.2) is 25.0 Å². The van der Waals surface area contributed by atoms with Gasteiger partial charge >= 0.3 is 0 Å². The molecule has 0 saturated heterocycles. The molecule has 2 N–H and O–H groups in total. The number of sulfone groups is 1. The van der Waals surface area contributed by atoms with Crippen LogP contribution in [0.2, 0.25) is 0 Å². The molecule has 0 radical (unpaired) electrons. The standard InChI is InChI=1S/C10H21NO2S/c1-7(2)14(12,13)10-5-4-9(11)6-8(10)3/h7-10H,4-6,11H2,1-3H3. The summed E-state index contributed by atoms with van der Waals surface area (Å²) in [5.41, 5.74) is 5.81. The van der Waals surface area contributed by atoms with Gasteiger partial charge in [-0.15, -0.1) is 0 Å². The van der Waals surface area contributed by atoms with Gasteiger partial charge in [0.25, 0.3) is 0 Å². The second kappa shape index (κ2) is 4.19. The van der Waals surface area contributed by atoms with E-state index in [0.717, 1.165) is 19.3 Å². The Morgan fingerprint density at radius 3 is 2.29 bits per heavy atom. The smallest absolute Gasteiger partial charge is 0.155 e. The molecule has 1 rings (SSSR count). The van der Waals surface area contributed by atoms with Crippen LogP contribution in [0.5, 0.6) is 0 Å². The van der Waals surface area contributed by atoms with Crippen LogP contribution in [0.3, 0.4) is 0 Å². The second-order valence-electron chi connectivity index (χ2n) is 4.73. The number of hydrogen-bond acceptors (Lipinski definition) is 3. The zero-order valence-electron chi connectivity index (χ0n) is 9.23. The van der Waals surface area contributed by atoms with E-state index in [-0.39, 0.29) is 22.5 Å². The van der Waals surface area contributed by atoms with Crippen molar-refractivity contribution in [3.63, 3.8) is 0 Å². The number of rotatable bonds is 2. The SMILES string of the molecule is CC1CC(N)CCC1S(=O)(=O)C(C)C. The van der Waals surface area contributed by atoms with Gasteiger partial charge in [-0.25, -0.2) is 8.42 Å². The maximum Gasteiger partial charge on any atom is 0.155 e. The second-order valence-corrected chi connectivity index (χ2v) is 7.45. The van der Waals surface area contributed by atoms with E-state index in [1.807, 2.05) is 6.92 Å². The van der Waals surface area contributed by atoms with Crippen molar-refractivity contribution in [3.8, 4) is 0 Å². The highest BCUT2D eigenvalue weighted by molar-refractivity contribution is 7.92. The highest BCUT2D eigenvalue weighted by Crippen LogP contribution is 2.30. The minimum Gasteiger partial charge on any atom is -0.328 e. The lowest BCUT2D eigenvalue weighted by Crippen LogP contribution is -2.41. The molecular formula is C10H21NO2S. The Bertz CT molecular complexity index is 284. The van der Waals surface area contributed by atoms with Gasteiger partial charge in [-0.2, -0.15) is 0 Å². The fourth-order valence-corrected chi connectivity index (χ4v) is 4.17. The largest absolute Gasteiger partial charge is 0.328 e. The Hall–Kier alpha value is -0.0900. The van der Waals surface area contributed by atoms with Crippen LogP contribution in [0.25, 0.3) is 0 Å². The first-order valence-electron chi connectivity index (χ1n) is 5.34. The van der Waals surface area contributed by atoms with Gasteiger partial charge in [0.2, 0.25) is 0 Å². The van der Waals surface area contributed by atoms with Gasteiger partial charge in [-0.1, -0.05) is 6.92 Å². The maximum absolute atomic E-state index is 12.0. The van der Waals surface area contributed by atoms with Crippen molar-refractivity contribution in [1.82, 2.24) is 0 Å². The average Bonchev–Trinajstić information content (AvgIpc) is 2.02. The lowest BCUT2D eigenvalue weighted by atomic mass is 9.87. The zero-order valence-corrected chi connectivity index (χ0v) is 10.0. The minimum atomic E-state index is -2.93. The van der Waals surface area contributed by atoms with Crippen molar-refractivity contribution >= 4 is 9.84 Å². The first kappa shape index (κ1) is 12.0. The van der Waals surface area contributed by atoms with Gasteiger partial charge in [0.15, 0.2) is 9.84 Å². The first-order chi connectivity index (χ1) is 6.35. The molecule has 0 amide bonds. The molecule has 1 aliphatic rings. The molecule has 0 aromatic rings. The average molecular weight is 219 g/mol. The van der Waals surface area contributed by atoms with Gasteiger partial charge in [-0.05, 0) is 39.0 Å². The Labute approximate surface area is 87.0 Å². The van der Waals surface area contributed by atoms with E-state index < -0.39 is 9.84 Å². The Morgan fingerprint density at radius 2 is 1.86 bits per heavy atom. The molecular weight excluding hydrogens is 198 g/mol. The predicted octanol–water partition coefficient (Wildman–Crippen LogP) is 1.33. The molecule has 3 unspecified atom stereocenters. The Morgan fingerprint density at radius 1 is 1.29 bits per heavy atom. The van der Waals surface area contributed by atoms with Crippen LogP contribution in [0, 0.1) is 5.92 Å². The molecule has 1 aliphatic carbocycles. The van der Waals surface area contributed by atoms with Gasteiger partial charge in [-0.3, -0.25) is 0 Å². The van der Waals surface area contributed by atoms with Gasteiger partial charge in [0.1, 0.15) is 0 Å². The van der Waals surface area contributed by atoms with E-state index in [1.54, 1.807) is 13.8 Å². The van der Waals surface area contributed by atoms with Crippen LogP contribution >= 0.6 is 0 Å². The summed E-state index contributed by atoms with van der Waals surface area (Å²) in [5, 5.41) is -0.424. The number of hydrogen-bond donors (Lipinski definition) is 1. The highest BCUT2D eigenvalue weighted by atomic mass is 32.2. The summed E-state index contributed by atoms with van der Waals surface area (Å²) < 4.78 is 23.9. The normalized spacial score (nSPS) is 34.8. The van der Waals surface area contributed by atoms with Gasteiger partial charge in [0.05, 0.1) is 10.5 Å². The van der Waals surface area contributed by atoms with Crippen LogP contribution in [0.1, 0.15) is 40.0 Å². The lowest BCUT2D eigenvalue weighted by Gasteiger charge is -2.33. The summed E-state index contributed by atoms with van der Waals surface area (Å²) in [5.74, 6) is 0.214.